The number of pyridine rings is 1. The van der Waals surface area contributed by atoms with Gasteiger partial charge in [0.25, 0.3) is 0 Å². The van der Waals surface area contributed by atoms with Crippen LogP contribution in [0, 0.1) is 0 Å². The van der Waals surface area contributed by atoms with Gasteiger partial charge in [0.1, 0.15) is 0 Å². The van der Waals surface area contributed by atoms with E-state index in [1.165, 1.54) is 56.1 Å². The Balaban J connectivity index is 1.55. The first-order valence-electron chi connectivity index (χ1n) is 10.4. The predicted octanol–water partition coefficient (Wildman–Crippen LogP) is 7.21. The first kappa shape index (κ1) is 16.5. The summed E-state index contributed by atoms with van der Waals surface area (Å²) in [5.41, 5.74) is 8.96. The number of aromatic nitrogens is 1. The van der Waals surface area contributed by atoms with Crippen molar-refractivity contribution in [2.75, 3.05) is 0 Å². The van der Waals surface area contributed by atoms with E-state index in [4.69, 9.17) is 4.98 Å². The molecule has 138 valence electrons. The molecule has 0 bridgehead atoms. The van der Waals surface area contributed by atoms with Crippen LogP contribution in [0.4, 0.5) is 0 Å². The number of hydrogen-bond donors (Lipinski definition) is 0. The second-order valence-electron chi connectivity index (χ2n) is 7.90. The third-order valence-electron chi connectivity index (χ3n) is 6.21. The van der Waals surface area contributed by atoms with E-state index in [1.807, 2.05) is 0 Å². The molecule has 0 radical (unpaired) electrons. The van der Waals surface area contributed by atoms with Crippen molar-refractivity contribution in [3.63, 3.8) is 0 Å². The van der Waals surface area contributed by atoms with Crippen molar-refractivity contribution in [1.29, 1.82) is 0 Å². The molecule has 0 atom stereocenters. The highest BCUT2D eigenvalue weighted by molar-refractivity contribution is 6.09. The van der Waals surface area contributed by atoms with Gasteiger partial charge in [-0.25, -0.2) is 4.98 Å². The van der Waals surface area contributed by atoms with E-state index in [-0.39, 0.29) is 0 Å². The van der Waals surface area contributed by atoms with E-state index in [2.05, 4.69) is 91.0 Å². The lowest BCUT2D eigenvalue weighted by atomic mass is 9.94. The Morgan fingerprint density at radius 3 is 2.10 bits per heavy atom. The normalized spacial score (nSPS) is 13.1. The lowest BCUT2D eigenvalue weighted by Gasteiger charge is -2.14. The van der Waals surface area contributed by atoms with Crippen LogP contribution in [0.15, 0.2) is 91.0 Å². The molecule has 0 saturated carbocycles. The van der Waals surface area contributed by atoms with Crippen LogP contribution >= 0.6 is 0 Å². The van der Waals surface area contributed by atoms with E-state index < -0.39 is 0 Å². The van der Waals surface area contributed by atoms with Crippen LogP contribution < -0.4 is 0 Å². The summed E-state index contributed by atoms with van der Waals surface area (Å²) in [6.45, 7) is 0. The van der Waals surface area contributed by atoms with E-state index in [1.54, 1.807) is 0 Å². The first-order chi connectivity index (χ1) is 14.4. The Labute approximate surface area is 170 Å². The van der Waals surface area contributed by atoms with Gasteiger partial charge in [0.05, 0.1) is 11.2 Å². The minimum absolute atomic E-state index is 1.12. The fraction of sp³-hybridized carbons (Fsp3) is 0.107. The van der Waals surface area contributed by atoms with Crippen LogP contribution in [-0.4, -0.2) is 4.98 Å². The molecule has 0 unspecified atom stereocenters. The van der Waals surface area contributed by atoms with E-state index in [0.717, 1.165) is 18.4 Å². The minimum Gasteiger partial charge on any atom is -0.247 e. The van der Waals surface area contributed by atoms with Gasteiger partial charge < -0.3 is 0 Å². The molecule has 0 N–H and O–H groups in total. The number of nitrogens with zero attached hydrogens (tertiary/aromatic N) is 1. The van der Waals surface area contributed by atoms with Gasteiger partial charge in [-0.2, -0.15) is 0 Å². The van der Waals surface area contributed by atoms with Crippen molar-refractivity contribution in [3.05, 3.63) is 102 Å². The molecule has 1 aliphatic rings. The van der Waals surface area contributed by atoms with Crippen LogP contribution in [0.2, 0.25) is 0 Å². The lowest BCUT2D eigenvalue weighted by Crippen LogP contribution is -1.96. The molecule has 1 aliphatic carbocycles. The molecule has 6 rings (SSSR count). The van der Waals surface area contributed by atoms with Crippen LogP contribution in [0.5, 0.6) is 0 Å². The summed E-state index contributed by atoms with van der Waals surface area (Å²) < 4.78 is 0. The molecule has 0 saturated heterocycles. The molecule has 1 nitrogen and oxygen atoms in total. The second kappa shape index (κ2) is 6.56. The number of rotatable bonds is 2. The topological polar surface area (TPSA) is 12.9 Å². The largest absolute Gasteiger partial charge is 0.247 e. The Hall–Kier alpha value is -3.45. The minimum atomic E-state index is 1.12. The molecular weight excluding hydrogens is 350 g/mol. The van der Waals surface area contributed by atoms with Crippen molar-refractivity contribution < 1.29 is 0 Å². The van der Waals surface area contributed by atoms with Gasteiger partial charge >= 0.3 is 0 Å². The van der Waals surface area contributed by atoms with Crippen molar-refractivity contribution in [1.82, 2.24) is 4.98 Å². The van der Waals surface area contributed by atoms with Crippen molar-refractivity contribution >= 4 is 21.7 Å². The maximum absolute atomic E-state index is 5.17. The summed E-state index contributed by atoms with van der Waals surface area (Å²) in [5, 5.41) is 4.00. The van der Waals surface area contributed by atoms with E-state index in [9.17, 15) is 0 Å². The molecule has 29 heavy (non-hydrogen) atoms. The third-order valence-corrected chi connectivity index (χ3v) is 6.21. The smallest absolute Gasteiger partial charge is 0.0744 e. The average molecular weight is 371 g/mol. The Morgan fingerprint density at radius 2 is 1.24 bits per heavy atom. The van der Waals surface area contributed by atoms with Crippen molar-refractivity contribution in [3.8, 4) is 22.4 Å². The van der Waals surface area contributed by atoms with Crippen LogP contribution in [0.3, 0.4) is 0 Å². The van der Waals surface area contributed by atoms with Gasteiger partial charge in [0, 0.05) is 10.9 Å². The summed E-state index contributed by atoms with van der Waals surface area (Å²) in [6, 6.07) is 32.6. The molecule has 4 aromatic carbocycles. The number of hydrogen-bond acceptors (Lipinski definition) is 1. The number of fused-ring (bicyclic) bond motifs is 5. The van der Waals surface area contributed by atoms with Gasteiger partial charge in [0.15, 0.2) is 0 Å². The van der Waals surface area contributed by atoms with Crippen LogP contribution in [0.25, 0.3) is 44.1 Å². The second-order valence-corrected chi connectivity index (χ2v) is 7.90. The Bertz CT molecular complexity index is 1350. The Kier molecular flexibility index (Phi) is 3.73. The first-order valence-corrected chi connectivity index (χ1v) is 10.4. The molecular formula is C28H21N. The quantitative estimate of drug-likeness (QED) is 0.299. The van der Waals surface area contributed by atoms with Crippen LogP contribution in [-0.2, 0) is 12.8 Å². The zero-order valence-corrected chi connectivity index (χ0v) is 16.2. The molecule has 0 fully saturated rings. The van der Waals surface area contributed by atoms with E-state index >= 15 is 0 Å². The average Bonchev–Trinajstić information content (AvgIpc) is 3.29. The highest BCUT2D eigenvalue weighted by atomic mass is 14.7. The van der Waals surface area contributed by atoms with Crippen molar-refractivity contribution in [2.24, 2.45) is 0 Å². The molecule has 0 amide bonds. The zero-order valence-electron chi connectivity index (χ0n) is 16.2. The van der Waals surface area contributed by atoms with Crippen LogP contribution in [0.1, 0.15) is 17.5 Å². The van der Waals surface area contributed by atoms with E-state index in [0.29, 0.717) is 0 Å². The maximum atomic E-state index is 5.17. The monoisotopic (exact) mass is 371 g/mol. The van der Waals surface area contributed by atoms with Gasteiger partial charge in [-0.15, -0.1) is 0 Å². The standard InChI is InChI=1S/C28H21N/c1-2-7-19(8-3-1)20-13-15-22(16-14-20)28-25-12-6-11-24(25)27-23-10-5-4-9-21(23)17-18-26(27)29-28/h1-5,7-10,13-18H,6,11-12H2. The summed E-state index contributed by atoms with van der Waals surface area (Å²) in [5.74, 6) is 0. The zero-order chi connectivity index (χ0) is 19.2. The Morgan fingerprint density at radius 1 is 0.552 bits per heavy atom. The predicted molar refractivity (Wildman–Crippen MR) is 122 cm³/mol. The van der Waals surface area contributed by atoms with Crippen molar-refractivity contribution in [2.45, 2.75) is 19.3 Å². The molecule has 1 aromatic heterocycles. The molecule has 0 aliphatic heterocycles. The third kappa shape index (κ3) is 2.66. The number of benzene rings is 4. The summed E-state index contributed by atoms with van der Waals surface area (Å²) in [6.07, 6.45) is 3.49. The molecule has 5 aromatic rings. The van der Waals surface area contributed by atoms with Gasteiger partial charge in [0.2, 0.25) is 0 Å². The fourth-order valence-corrected chi connectivity index (χ4v) is 4.83. The highest BCUT2D eigenvalue weighted by Crippen LogP contribution is 2.39. The maximum Gasteiger partial charge on any atom is 0.0744 e. The molecule has 1 heteroatoms. The fourth-order valence-electron chi connectivity index (χ4n) is 4.83. The number of aryl methyl sites for hydroxylation is 1. The SMILES string of the molecule is c1ccc(-c2ccc(-c3nc4ccc5ccccc5c4c4c3CCC4)cc2)cc1. The summed E-state index contributed by atoms with van der Waals surface area (Å²) in [4.78, 5) is 5.17. The lowest BCUT2D eigenvalue weighted by molar-refractivity contribution is 0.913. The molecule has 0 spiro atoms. The van der Waals surface area contributed by atoms with Gasteiger partial charge in [-0.1, -0.05) is 84.9 Å². The summed E-state index contributed by atoms with van der Waals surface area (Å²) >= 11 is 0. The molecule has 1 heterocycles. The summed E-state index contributed by atoms with van der Waals surface area (Å²) in [7, 11) is 0. The van der Waals surface area contributed by atoms with Gasteiger partial charge in [-0.3, -0.25) is 0 Å². The van der Waals surface area contributed by atoms with Gasteiger partial charge in [-0.05, 0) is 58.4 Å². The highest BCUT2D eigenvalue weighted by Gasteiger charge is 2.21.